The predicted molar refractivity (Wildman–Crippen MR) is 88.0 cm³/mol. The summed E-state index contributed by atoms with van der Waals surface area (Å²) in [6, 6.07) is 11.2. The van der Waals surface area contributed by atoms with Gasteiger partial charge in [-0.2, -0.15) is 0 Å². The largest absolute Gasteiger partial charge is 0.372 e. The molecule has 0 amide bonds. The van der Waals surface area contributed by atoms with Crippen LogP contribution in [0.15, 0.2) is 30.3 Å². The number of fused-ring (bicyclic) bond motifs is 3. The Kier molecular flexibility index (Phi) is 3.47. The van der Waals surface area contributed by atoms with E-state index in [1.54, 1.807) is 0 Å². The van der Waals surface area contributed by atoms with E-state index >= 15 is 0 Å². The van der Waals surface area contributed by atoms with E-state index in [2.05, 4.69) is 56.0 Å². The molecule has 2 heteroatoms. The van der Waals surface area contributed by atoms with Gasteiger partial charge in [-0.15, -0.1) is 0 Å². The van der Waals surface area contributed by atoms with E-state index in [-0.39, 0.29) is 0 Å². The van der Waals surface area contributed by atoms with Crippen LogP contribution >= 0.6 is 11.6 Å². The minimum atomic E-state index is 0.865. The van der Waals surface area contributed by atoms with Crippen molar-refractivity contribution in [2.24, 2.45) is 0 Å². The Hall–Kier alpha value is -1.47. The molecule has 2 aromatic rings. The van der Waals surface area contributed by atoms with E-state index in [1.165, 1.54) is 33.5 Å². The lowest BCUT2D eigenvalue weighted by molar-refractivity contribution is 0.865. The Bertz CT molecular complexity index is 657. The molecule has 1 aliphatic carbocycles. The smallest absolute Gasteiger partial charge is 0.0441 e. The standard InChI is InChI=1S/C18H20ClN/c1-4-20(5-2)15-6-7-16-14(10-15)9-13-8-12(3)18(19)11-17(13)16/h6-8,10-11H,4-5,9H2,1-3H3. The number of halogens is 1. The molecule has 0 aliphatic heterocycles. The molecule has 1 aliphatic rings. The lowest BCUT2D eigenvalue weighted by Crippen LogP contribution is -2.21. The van der Waals surface area contributed by atoms with Gasteiger partial charge in [0, 0.05) is 23.8 Å². The molecule has 0 N–H and O–H groups in total. The van der Waals surface area contributed by atoms with Crippen LogP contribution in [0.25, 0.3) is 11.1 Å². The minimum Gasteiger partial charge on any atom is -0.372 e. The Balaban J connectivity index is 2.05. The van der Waals surface area contributed by atoms with Crippen molar-refractivity contribution < 1.29 is 0 Å². The maximum absolute atomic E-state index is 6.28. The van der Waals surface area contributed by atoms with E-state index in [0.29, 0.717) is 0 Å². The van der Waals surface area contributed by atoms with Crippen molar-refractivity contribution in [1.82, 2.24) is 0 Å². The highest BCUT2D eigenvalue weighted by molar-refractivity contribution is 6.31. The van der Waals surface area contributed by atoms with Crippen LogP contribution in [0.3, 0.4) is 0 Å². The van der Waals surface area contributed by atoms with Crippen LogP contribution in [0.4, 0.5) is 5.69 Å². The zero-order chi connectivity index (χ0) is 14.3. The second-order valence-electron chi connectivity index (χ2n) is 5.45. The zero-order valence-corrected chi connectivity index (χ0v) is 13.1. The van der Waals surface area contributed by atoms with Gasteiger partial charge in [0.1, 0.15) is 0 Å². The average Bonchev–Trinajstić information content (AvgIpc) is 2.78. The number of anilines is 1. The van der Waals surface area contributed by atoms with Crippen molar-refractivity contribution in [1.29, 1.82) is 0 Å². The average molecular weight is 286 g/mol. The Morgan fingerprint density at radius 1 is 1.00 bits per heavy atom. The normalized spacial score (nSPS) is 12.2. The maximum Gasteiger partial charge on any atom is 0.0441 e. The molecule has 0 aromatic heterocycles. The minimum absolute atomic E-state index is 0.865. The third kappa shape index (κ3) is 2.10. The summed E-state index contributed by atoms with van der Waals surface area (Å²) in [5, 5.41) is 0.865. The van der Waals surface area contributed by atoms with E-state index in [1.807, 2.05) is 0 Å². The summed E-state index contributed by atoms with van der Waals surface area (Å²) in [7, 11) is 0. The first-order valence-electron chi connectivity index (χ1n) is 7.31. The Morgan fingerprint density at radius 2 is 1.70 bits per heavy atom. The van der Waals surface area contributed by atoms with Crippen molar-refractivity contribution in [2.75, 3.05) is 18.0 Å². The van der Waals surface area contributed by atoms with Crippen LogP contribution in [0.1, 0.15) is 30.5 Å². The highest BCUT2D eigenvalue weighted by atomic mass is 35.5. The quantitative estimate of drug-likeness (QED) is 0.650. The molecule has 104 valence electrons. The van der Waals surface area contributed by atoms with Crippen molar-refractivity contribution in [3.63, 3.8) is 0 Å². The summed E-state index contributed by atoms with van der Waals surface area (Å²) in [6.07, 6.45) is 1.03. The predicted octanol–water partition coefficient (Wildman–Crippen LogP) is 5.07. The van der Waals surface area contributed by atoms with Gasteiger partial charge in [-0.25, -0.2) is 0 Å². The molecule has 1 nitrogen and oxygen atoms in total. The molecule has 0 unspecified atom stereocenters. The molecule has 0 bridgehead atoms. The zero-order valence-electron chi connectivity index (χ0n) is 12.3. The molecular weight excluding hydrogens is 266 g/mol. The fourth-order valence-electron chi connectivity index (χ4n) is 3.12. The molecule has 0 saturated heterocycles. The summed E-state index contributed by atoms with van der Waals surface area (Å²) in [6.45, 7) is 8.58. The lowest BCUT2D eigenvalue weighted by Gasteiger charge is -2.21. The van der Waals surface area contributed by atoms with Gasteiger partial charge in [0.15, 0.2) is 0 Å². The molecule has 0 atom stereocenters. The van der Waals surface area contributed by atoms with Crippen LogP contribution in [0.2, 0.25) is 5.02 Å². The highest BCUT2D eigenvalue weighted by Crippen LogP contribution is 2.40. The van der Waals surface area contributed by atoms with Gasteiger partial charge in [-0.1, -0.05) is 23.7 Å². The fraction of sp³-hybridized carbons (Fsp3) is 0.333. The number of nitrogens with zero attached hydrogens (tertiary/aromatic N) is 1. The maximum atomic E-state index is 6.28. The monoisotopic (exact) mass is 285 g/mol. The first-order chi connectivity index (χ1) is 9.63. The molecule has 0 fully saturated rings. The molecule has 0 heterocycles. The first-order valence-corrected chi connectivity index (χ1v) is 7.69. The lowest BCUT2D eigenvalue weighted by atomic mass is 10.0. The van der Waals surface area contributed by atoms with Gasteiger partial charge in [-0.3, -0.25) is 0 Å². The van der Waals surface area contributed by atoms with Crippen molar-refractivity contribution in [3.05, 3.63) is 52.0 Å². The molecular formula is C18H20ClN. The van der Waals surface area contributed by atoms with Gasteiger partial charge in [-0.05, 0) is 73.2 Å². The van der Waals surface area contributed by atoms with Crippen molar-refractivity contribution in [3.8, 4) is 11.1 Å². The van der Waals surface area contributed by atoms with Gasteiger partial charge in [0.05, 0.1) is 0 Å². The second kappa shape index (κ2) is 5.14. The van der Waals surface area contributed by atoms with Crippen molar-refractivity contribution in [2.45, 2.75) is 27.2 Å². The van der Waals surface area contributed by atoms with Gasteiger partial charge in [0.2, 0.25) is 0 Å². The third-order valence-electron chi connectivity index (χ3n) is 4.27. The summed E-state index contributed by atoms with van der Waals surface area (Å²) < 4.78 is 0. The summed E-state index contributed by atoms with van der Waals surface area (Å²) in [4.78, 5) is 2.39. The number of hydrogen-bond acceptors (Lipinski definition) is 1. The molecule has 20 heavy (non-hydrogen) atoms. The van der Waals surface area contributed by atoms with Crippen LogP contribution < -0.4 is 4.90 Å². The Morgan fingerprint density at radius 3 is 2.40 bits per heavy atom. The van der Waals surface area contributed by atoms with Crippen LogP contribution in [0.5, 0.6) is 0 Å². The number of hydrogen-bond donors (Lipinski definition) is 0. The summed E-state index contributed by atoms with van der Waals surface area (Å²) >= 11 is 6.28. The van der Waals surface area contributed by atoms with Crippen LogP contribution in [-0.4, -0.2) is 13.1 Å². The molecule has 2 aromatic carbocycles. The van der Waals surface area contributed by atoms with Gasteiger partial charge < -0.3 is 4.90 Å². The molecule has 3 rings (SSSR count). The molecule has 0 radical (unpaired) electrons. The van der Waals surface area contributed by atoms with Crippen LogP contribution in [-0.2, 0) is 6.42 Å². The van der Waals surface area contributed by atoms with E-state index in [9.17, 15) is 0 Å². The van der Waals surface area contributed by atoms with Crippen LogP contribution in [0, 0.1) is 6.92 Å². The molecule has 0 spiro atoms. The van der Waals surface area contributed by atoms with E-state index in [0.717, 1.165) is 24.5 Å². The number of rotatable bonds is 3. The number of aryl methyl sites for hydroxylation is 1. The topological polar surface area (TPSA) is 3.24 Å². The van der Waals surface area contributed by atoms with Gasteiger partial charge >= 0.3 is 0 Å². The van der Waals surface area contributed by atoms with Gasteiger partial charge in [0.25, 0.3) is 0 Å². The fourth-order valence-corrected chi connectivity index (χ4v) is 3.28. The Labute approximate surface area is 126 Å². The third-order valence-corrected chi connectivity index (χ3v) is 4.68. The summed E-state index contributed by atoms with van der Waals surface area (Å²) in [5.41, 5.74) is 7.97. The molecule has 0 saturated carbocycles. The second-order valence-corrected chi connectivity index (χ2v) is 5.86. The SMILES string of the molecule is CCN(CC)c1ccc2c(c1)Cc1cc(C)c(Cl)cc1-2. The summed E-state index contributed by atoms with van der Waals surface area (Å²) in [5.74, 6) is 0. The van der Waals surface area contributed by atoms with Crippen molar-refractivity contribution >= 4 is 17.3 Å². The number of benzene rings is 2. The van der Waals surface area contributed by atoms with E-state index in [4.69, 9.17) is 11.6 Å². The highest BCUT2D eigenvalue weighted by Gasteiger charge is 2.20. The van der Waals surface area contributed by atoms with E-state index < -0.39 is 0 Å². The first kappa shape index (κ1) is 13.5.